The lowest BCUT2D eigenvalue weighted by atomic mass is 9.58. The van der Waals surface area contributed by atoms with Crippen molar-refractivity contribution < 1.29 is 4.74 Å². The summed E-state index contributed by atoms with van der Waals surface area (Å²) in [6, 6.07) is 11.1. The molecule has 3 heteroatoms. The highest BCUT2D eigenvalue weighted by Crippen LogP contribution is 2.68. The molecule has 2 aliphatic carbocycles. The molecular weight excluding hydrogens is 368 g/mol. The van der Waals surface area contributed by atoms with Crippen LogP contribution in [0.4, 0.5) is 0 Å². The number of morpholine rings is 1. The van der Waals surface area contributed by atoms with E-state index in [4.69, 9.17) is 4.74 Å². The highest BCUT2D eigenvalue weighted by atomic mass is 16.5. The van der Waals surface area contributed by atoms with Crippen LogP contribution in [0.15, 0.2) is 36.4 Å². The van der Waals surface area contributed by atoms with Crippen molar-refractivity contribution in [3.05, 3.63) is 42.0 Å². The van der Waals surface area contributed by atoms with Crippen LogP contribution >= 0.6 is 0 Å². The first kappa shape index (κ1) is 20.6. The molecule has 2 unspecified atom stereocenters. The fourth-order valence-corrected chi connectivity index (χ4v) is 7.81. The Morgan fingerprint density at radius 1 is 1.03 bits per heavy atom. The van der Waals surface area contributed by atoms with Gasteiger partial charge in [-0.2, -0.15) is 0 Å². The Morgan fingerprint density at radius 3 is 2.50 bits per heavy atom. The molecule has 5 rings (SSSR count). The van der Waals surface area contributed by atoms with Crippen LogP contribution in [0.25, 0.3) is 5.70 Å². The number of fused-ring (bicyclic) bond motifs is 2. The highest BCUT2D eigenvalue weighted by Gasteiger charge is 2.61. The number of rotatable bonds is 5. The van der Waals surface area contributed by atoms with Crippen molar-refractivity contribution in [1.82, 2.24) is 9.80 Å². The zero-order chi connectivity index (χ0) is 20.8. The Balaban J connectivity index is 1.38. The minimum atomic E-state index is 0.492. The molecule has 4 atom stereocenters. The number of benzene rings is 1. The maximum absolute atomic E-state index is 5.56. The fourth-order valence-electron chi connectivity index (χ4n) is 7.81. The van der Waals surface area contributed by atoms with Gasteiger partial charge in [-0.25, -0.2) is 0 Å². The van der Waals surface area contributed by atoms with Crippen LogP contribution in [0, 0.1) is 28.6 Å². The van der Waals surface area contributed by atoms with Crippen LogP contribution in [0.1, 0.15) is 52.0 Å². The SMILES string of the molecule is CC1(C)C2CC[C@@](C)(C2)[C@@H]1C1CC=C(c2ccccc2)N(CCN2CCOCC2)C1. The predicted molar refractivity (Wildman–Crippen MR) is 124 cm³/mol. The Labute approximate surface area is 183 Å². The normalized spacial score (nSPS) is 36.2. The second kappa shape index (κ2) is 7.98. The van der Waals surface area contributed by atoms with Gasteiger partial charge >= 0.3 is 0 Å². The molecular formula is C27H40N2O. The first-order chi connectivity index (χ1) is 14.5. The molecule has 0 aromatic heterocycles. The Kier molecular flexibility index (Phi) is 5.48. The summed E-state index contributed by atoms with van der Waals surface area (Å²) in [5.41, 5.74) is 3.90. The molecule has 0 spiro atoms. The summed E-state index contributed by atoms with van der Waals surface area (Å²) >= 11 is 0. The molecule has 2 heterocycles. The van der Waals surface area contributed by atoms with Crippen molar-refractivity contribution in [3.63, 3.8) is 0 Å². The smallest absolute Gasteiger partial charge is 0.0594 e. The summed E-state index contributed by atoms with van der Waals surface area (Å²) < 4.78 is 5.56. The van der Waals surface area contributed by atoms with E-state index in [2.05, 4.69) is 67.0 Å². The number of allylic oxidation sites excluding steroid dienone is 1. The van der Waals surface area contributed by atoms with Crippen molar-refractivity contribution in [2.75, 3.05) is 45.9 Å². The average Bonchev–Trinajstić information content (AvgIpc) is 3.25. The highest BCUT2D eigenvalue weighted by molar-refractivity contribution is 5.64. The van der Waals surface area contributed by atoms with E-state index in [0.29, 0.717) is 10.8 Å². The molecule has 2 bridgehead atoms. The van der Waals surface area contributed by atoms with Gasteiger partial charge in [0, 0.05) is 38.4 Å². The van der Waals surface area contributed by atoms with Gasteiger partial charge in [-0.15, -0.1) is 0 Å². The predicted octanol–water partition coefficient (Wildman–Crippen LogP) is 5.14. The maximum Gasteiger partial charge on any atom is 0.0594 e. The van der Waals surface area contributed by atoms with Crippen LogP contribution in [0.3, 0.4) is 0 Å². The van der Waals surface area contributed by atoms with Crippen molar-refractivity contribution in [2.24, 2.45) is 28.6 Å². The summed E-state index contributed by atoms with van der Waals surface area (Å²) in [6.07, 6.45) is 8.19. The lowest BCUT2D eigenvalue weighted by Crippen LogP contribution is -2.47. The van der Waals surface area contributed by atoms with Crippen molar-refractivity contribution in [2.45, 2.75) is 46.5 Å². The van der Waals surface area contributed by atoms with E-state index in [1.807, 2.05) is 0 Å². The average molecular weight is 409 g/mol. The summed E-state index contributed by atoms with van der Waals surface area (Å²) in [7, 11) is 0. The van der Waals surface area contributed by atoms with Gasteiger partial charge in [0.05, 0.1) is 13.2 Å². The zero-order valence-corrected chi connectivity index (χ0v) is 19.3. The van der Waals surface area contributed by atoms with Gasteiger partial charge in [0.2, 0.25) is 0 Å². The number of ether oxygens (including phenoxy) is 1. The van der Waals surface area contributed by atoms with Crippen molar-refractivity contribution in [1.29, 1.82) is 0 Å². The molecule has 0 amide bonds. The minimum Gasteiger partial charge on any atom is -0.379 e. The van der Waals surface area contributed by atoms with Crippen LogP contribution < -0.4 is 0 Å². The second-order valence-electron chi connectivity index (χ2n) is 11.2. The van der Waals surface area contributed by atoms with E-state index in [9.17, 15) is 0 Å². The quantitative estimate of drug-likeness (QED) is 0.671. The first-order valence-corrected chi connectivity index (χ1v) is 12.3. The van der Waals surface area contributed by atoms with Crippen LogP contribution in [0.5, 0.6) is 0 Å². The lowest BCUT2D eigenvalue weighted by Gasteiger charge is -2.50. The van der Waals surface area contributed by atoms with Gasteiger partial charge in [-0.05, 0) is 59.8 Å². The third-order valence-corrected chi connectivity index (χ3v) is 9.12. The molecule has 4 aliphatic rings. The monoisotopic (exact) mass is 408 g/mol. The van der Waals surface area contributed by atoms with E-state index in [0.717, 1.165) is 57.1 Å². The summed E-state index contributed by atoms with van der Waals surface area (Å²) in [5, 5.41) is 0. The summed E-state index contributed by atoms with van der Waals surface area (Å²) in [6.45, 7) is 15.2. The minimum absolute atomic E-state index is 0.492. The molecule has 0 N–H and O–H groups in total. The Morgan fingerprint density at radius 2 is 1.80 bits per heavy atom. The van der Waals surface area contributed by atoms with Gasteiger partial charge in [0.25, 0.3) is 0 Å². The number of hydrogen-bond acceptors (Lipinski definition) is 3. The third kappa shape index (κ3) is 3.62. The molecule has 2 aliphatic heterocycles. The third-order valence-electron chi connectivity index (χ3n) is 9.12. The molecule has 164 valence electrons. The van der Waals surface area contributed by atoms with Crippen molar-refractivity contribution >= 4 is 5.70 Å². The maximum atomic E-state index is 5.56. The summed E-state index contributed by atoms with van der Waals surface area (Å²) in [5.74, 6) is 2.57. The molecule has 2 saturated carbocycles. The largest absolute Gasteiger partial charge is 0.379 e. The first-order valence-electron chi connectivity index (χ1n) is 12.3. The molecule has 3 fully saturated rings. The van der Waals surface area contributed by atoms with E-state index in [-0.39, 0.29) is 0 Å². The summed E-state index contributed by atoms with van der Waals surface area (Å²) in [4.78, 5) is 5.31. The Hall–Kier alpha value is -1.32. The van der Waals surface area contributed by atoms with Crippen LogP contribution in [-0.2, 0) is 4.74 Å². The van der Waals surface area contributed by atoms with E-state index in [1.54, 1.807) is 0 Å². The Bertz CT molecular complexity index is 762. The van der Waals surface area contributed by atoms with E-state index < -0.39 is 0 Å². The molecule has 1 aromatic carbocycles. The lowest BCUT2D eigenvalue weighted by molar-refractivity contribution is 0.00914. The molecule has 0 radical (unpaired) electrons. The molecule has 1 aromatic rings. The standard InChI is InChI=1S/C27H40N2O/c1-26(2)23-11-12-27(3,19-23)25(26)22-9-10-24(21-7-5-4-6-8-21)29(20-22)14-13-28-15-17-30-18-16-28/h4-8,10,22-23,25H,9,11-20H2,1-3H3/t22?,23?,25-,27+/m1/s1. The van der Waals surface area contributed by atoms with Gasteiger partial charge in [0.1, 0.15) is 0 Å². The van der Waals surface area contributed by atoms with Crippen molar-refractivity contribution in [3.8, 4) is 0 Å². The number of hydrogen-bond donors (Lipinski definition) is 0. The molecule has 3 nitrogen and oxygen atoms in total. The second-order valence-corrected chi connectivity index (χ2v) is 11.2. The molecule has 1 saturated heterocycles. The zero-order valence-electron chi connectivity index (χ0n) is 19.3. The van der Waals surface area contributed by atoms with Gasteiger partial charge < -0.3 is 9.64 Å². The van der Waals surface area contributed by atoms with E-state index in [1.165, 1.54) is 43.5 Å². The van der Waals surface area contributed by atoms with Gasteiger partial charge in [0.15, 0.2) is 0 Å². The van der Waals surface area contributed by atoms with Crippen LogP contribution in [-0.4, -0.2) is 55.7 Å². The molecule has 30 heavy (non-hydrogen) atoms. The van der Waals surface area contributed by atoms with Crippen LogP contribution in [0.2, 0.25) is 0 Å². The van der Waals surface area contributed by atoms with Gasteiger partial charge in [-0.3, -0.25) is 4.90 Å². The fraction of sp³-hybridized carbons (Fsp3) is 0.704. The number of nitrogens with zero attached hydrogens (tertiary/aromatic N) is 2. The topological polar surface area (TPSA) is 15.7 Å². The van der Waals surface area contributed by atoms with Gasteiger partial charge in [-0.1, -0.05) is 57.2 Å². The van der Waals surface area contributed by atoms with E-state index >= 15 is 0 Å².